The van der Waals surface area contributed by atoms with Gasteiger partial charge in [-0.15, -0.1) is 0 Å². The summed E-state index contributed by atoms with van der Waals surface area (Å²) in [5.41, 5.74) is 1.06. The van der Waals surface area contributed by atoms with Crippen LogP contribution in [0.4, 0.5) is 0 Å². The summed E-state index contributed by atoms with van der Waals surface area (Å²) in [7, 11) is 1.63. The van der Waals surface area contributed by atoms with Crippen molar-refractivity contribution in [3.05, 3.63) is 38.9 Å². The average Bonchev–Trinajstić information content (AvgIpc) is 2.51. The largest absolute Gasteiger partial charge is 0.338 e. The fourth-order valence-electron chi connectivity index (χ4n) is 3.00. The Labute approximate surface area is 133 Å². The lowest BCUT2D eigenvalue weighted by molar-refractivity contribution is 0.0683. The molecule has 1 saturated heterocycles. The Morgan fingerprint density at radius 3 is 2.91 bits per heavy atom. The molecule has 3 rings (SSSR count). The summed E-state index contributed by atoms with van der Waals surface area (Å²) in [5.74, 6) is 0.560. The number of hydrogen-bond donors (Lipinski definition) is 1. The van der Waals surface area contributed by atoms with Crippen molar-refractivity contribution in [2.75, 3.05) is 13.1 Å². The van der Waals surface area contributed by atoms with Gasteiger partial charge in [-0.1, -0.05) is 6.92 Å². The van der Waals surface area contributed by atoms with E-state index in [9.17, 15) is 9.59 Å². The number of fused-ring (bicyclic) bond motifs is 1. The van der Waals surface area contributed by atoms with Gasteiger partial charge in [-0.25, -0.2) is 0 Å². The lowest BCUT2D eigenvalue weighted by Crippen LogP contribution is -2.39. The van der Waals surface area contributed by atoms with Crippen LogP contribution in [0.1, 0.15) is 30.1 Å². The molecule has 5 nitrogen and oxygen atoms in total. The minimum Gasteiger partial charge on any atom is -0.338 e. The zero-order valence-electron chi connectivity index (χ0n) is 12.8. The second-order valence-electron chi connectivity index (χ2n) is 6.05. The number of aromatic nitrogens is 2. The highest BCUT2D eigenvalue weighted by Crippen LogP contribution is 2.19. The first-order valence-electron chi connectivity index (χ1n) is 7.49. The van der Waals surface area contributed by atoms with Gasteiger partial charge in [0, 0.05) is 25.7 Å². The lowest BCUT2D eigenvalue weighted by Gasteiger charge is -2.31. The Morgan fingerprint density at radius 2 is 2.18 bits per heavy atom. The van der Waals surface area contributed by atoms with Crippen molar-refractivity contribution in [1.82, 2.24) is 14.5 Å². The normalized spacial score (nSPS) is 18.6. The third kappa shape index (κ3) is 2.59. The Balaban J connectivity index is 2.02. The minimum absolute atomic E-state index is 0.0217. The Bertz CT molecular complexity index is 853. The molecule has 0 saturated carbocycles. The fourth-order valence-corrected chi connectivity index (χ4v) is 3.19. The van der Waals surface area contributed by atoms with Gasteiger partial charge in [0.2, 0.25) is 0 Å². The second-order valence-corrected chi connectivity index (χ2v) is 6.44. The van der Waals surface area contributed by atoms with Gasteiger partial charge in [0.15, 0.2) is 4.77 Å². The van der Waals surface area contributed by atoms with Crippen LogP contribution in [0.3, 0.4) is 0 Å². The van der Waals surface area contributed by atoms with Gasteiger partial charge in [0.1, 0.15) is 0 Å². The number of hydrogen-bond acceptors (Lipinski definition) is 3. The van der Waals surface area contributed by atoms with Crippen LogP contribution in [0.15, 0.2) is 23.0 Å². The highest BCUT2D eigenvalue weighted by Gasteiger charge is 2.22. The molecule has 0 radical (unpaired) electrons. The van der Waals surface area contributed by atoms with Crippen LogP contribution in [0.2, 0.25) is 0 Å². The minimum atomic E-state index is -0.149. The molecule has 1 aliphatic rings. The van der Waals surface area contributed by atoms with Gasteiger partial charge < -0.3 is 9.88 Å². The van der Waals surface area contributed by atoms with E-state index in [0.29, 0.717) is 27.2 Å². The molecule has 1 aromatic heterocycles. The number of benzene rings is 1. The molecule has 116 valence electrons. The molecule has 2 heterocycles. The molecule has 1 fully saturated rings. The van der Waals surface area contributed by atoms with Crippen LogP contribution in [0.25, 0.3) is 10.9 Å². The van der Waals surface area contributed by atoms with Gasteiger partial charge in [0.05, 0.1) is 10.9 Å². The first kappa shape index (κ1) is 15.0. The zero-order valence-corrected chi connectivity index (χ0v) is 13.6. The van der Waals surface area contributed by atoms with Gasteiger partial charge in [-0.3, -0.25) is 14.2 Å². The summed E-state index contributed by atoms with van der Waals surface area (Å²) in [4.78, 5) is 29.7. The van der Waals surface area contributed by atoms with Crippen molar-refractivity contribution in [2.45, 2.75) is 19.8 Å². The first-order chi connectivity index (χ1) is 10.5. The molecule has 0 spiro atoms. The number of piperidine rings is 1. The maximum absolute atomic E-state index is 12.6. The van der Waals surface area contributed by atoms with Crippen molar-refractivity contribution in [3.63, 3.8) is 0 Å². The van der Waals surface area contributed by atoms with E-state index < -0.39 is 0 Å². The van der Waals surface area contributed by atoms with Crippen LogP contribution in [-0.4, -0.2) is 33.4 Å². The summed E-state index contributed by atoms with van der Waals surface area (Å²) in [6.45, 7) is 3.76. The third-order valence-corrected chi connectivity index (χ3v) is 4.67. The summed E-state index contributed by atoms with van der Waals surface area (Å²) < 4.78 is 1.75. The van der Waals surface area contributed by atoms with Crippen molar-refractivity contribution < 1.29 is 4.79 Å². The molecular formula is C16H19N3O2S. The lowest BCUT2D eigenvalue weighted by atomic mass is 9.99. The molecule has 0 bridgehead atoms. The smallest absolute Gasteiger partial charge is 0.261 e. The first-order valence-corrected chi connectivity index (χ1v) is 7.90. The van der Waals surface area contributed by atoms with Crippen molar-refractivity contribution in [3.8, 4) is 0 Å². The van der Waals surface area contributed by atoms with E-state index in [1.54, 1.807) is 25.2 Å². The Hall–Kier alpha value is -1.95. The van der Waals surface area contributed by atoms with Crippen molar-refractivity contribution in [2.24, 2.45) is 13.0 Å². The number of likely N-dealkylation sites (tertiary alicyclic amines) is 1. The summed E-state index contributed by atoms with van der Waals surface area (Å²) >= 11 is 5.13. The molecule has 1 amide bonds. The molecule has 22 heavy (non-hydrogen) atoms. The molecule has 0 aliphatic carbocycles. The molecular weight excluding hydrogens is 298 g/mol. The summed E-state index contributed by atoms with van der Waals surface area (Å²) in [6, 6.07) is 5.15. The molecule has 6 heteroatoms. The van der Waals surface area contributed by atoms with E-state index in [0.717, 1.165) is 19.5 Å². The van der Waals surface area contributed by atoms with Crippen molar-refractivity contribution in [1.29, 1.82) is 0 Å². The summed E-state index contributed by atoms with van der Waals surface area (Å²) in [5, 5.41) is 0.541. The SMILES string of the molecule is C[C@@H]1CCCN(C(=O)c2ccc3c(=O)n(C)c(=S)[nH]c3c2)C1. The second kappa shape index (κ2) is 5.68. The zero-order chi connectivity index (χ0) is 15.9. The van der Waals surface area contributed by atoms with E-state index in [4.69, 9.17) is 12.2 Å². The Morgan fingerprint density at radius 1 is 1.41 bits per heavy atom. The quantitative estimate of drug-likeness (QED) is 0.822. The Kier molecular flexibility index (Phi) is 3.87. The van der Waals surface area contributed by atoms with Crippen LogP contribution in [0.5, 0.6) is 0 Å². The van der Waals surface area contributed by atoms with E-state index in [1.807, 2.05) is 4.90 Å². The van der Waals surface area contributed by atoms with E-state index in [1.165, 1.54) is 11.0 Å². The van der Waals surface area contributed by atoms with Crippen LogP contribution in [-0.2, 0) is 7.05 Å². The van der Waals surface area contributed by atoms with Gasteiger partial charge in [-0.2, -0.15) is 0 Å². The maximum atomic E-state index is 12.6. The highest BCUT2D eigenvalue weighted by atomic mass is 32.1. The molecule has 1 aliphatic heterocycles. The fraction of sp³-hybridized carbons (Fsp3) is 0.438. The monoisotopic (exact) mass is 317 g/mol. The average molecular weight is 317 g/mol. The predicted molar refractivity (Wildman–Crippen MR) is 88.7 cm³/mol. The molecule has 1 N–H and O–H groups in total. The topological polar surface area (TPSA) is 58.1 Å². The van der Waals surface area contributed by atoms with E-state index >= 15 is 0 Å². The maximum Gasteiger partial charge on any atom is 0.261 e. The standard InChI is InChI=1S/C16H19N3O2S/c1-10-4-3-7-19(9-10)14(20)11-5-6-12-13(8-11)17-16(22)18(2)15(12)21/h5-6,8,10H,3-4,7,9H2,1-2H3,(H,17,22)/t10-/m1/s1. The molecule has 2 aromatic rings. The number of carbonyl (C=O) groups excluding carboxylic acids is 1. The number of aromatic amines is 1. The summed E-state index contributed by atoms with van der Waals surface area (Å²) in [6.07, 6.45) is 2.22. The van der Waals surface area contributed by atoms with Gasteiger partial charge in [0.25, 0.3) is 11.5 Å². The van der Waals surface area contributed by atoms with E-state index in [-0.39, 0.29) is 11.5 Å². The van der Waals surface area contributed by atoms with Crippen LogP contribution < -0.4 is 5.56 Å². The number of nitrogens with one attached hydrogen (secondary N) is 1. The number of rotatable bonds is 1. The van der Waals surface area contributed by atoms with Gasteiger partial charge >= 0.3 is 0 Å². The number of carbonyl (C=O) groups is 1. The van der Waals surface area contributed by atoms with Gasteiger partial charge in [-0.05, 0) is 49.2 Å². The van der Waals surface area contributed by atoms with E-state index in [2.05, 4.69) is 11.9 Å². The third-order valence-electron chi connectivity index (χ3n) is 4.29. The van der Waals surface area contributed by atoms with Crippen molar-refractivity contribution >= 4 is 29.0 Å². The number of nitrogens with zero attached hydrogens (tertiary/aromatic N) is 2. The molecule has 0 unspecified atom stereocenters. The molecule has 1 aromatic carbocycles. The number of amides is 1. The van der Waals surface area contributed by atoms with Crippen LogP contribution >= 0.6 is 12.2 Å². The highest BCUT2D eigenvalue weighted by molar-refractivity contribution is 7.71. The molecule has 1 atom stereocenters. The number of H-pyrrole nitrogens is 1. The van der Waals surface area contributed by atoms with Crippen LogP contribution in [0, 0.1) is 10.7 Å². The predicted octanol–water partition coefficient (Wildman–Crippen LogP) is 2.47.